The molecule has 51 heavy (non-hydrogen) atoms. The minimum absolute atomic E-state index is 0.0597. The molecule has 0 unspecified atom stereocenters. The average molecular weight is 701 g/mol. The van der Waals surface area contributed by atoms with Crippen LogP contribution in [0.4, 0.5) is 0 Å². The van der Waals surface area contributed by atoms with E-state index in [1.54, 1.807) is 24.8 Å². The van der Waals surface area contributed by atoms with Crippen molar-refractivity contribution >= 4 is 29.5 Å². The summed E-state index contributed by atoms with van der Waals surface area (Å²) in [6.07, 6.45) is 2.28. The van der Waals surface area contributed by atoms with Crippen LogP contribution in [0.2, 0.25) is 0 Å². The van der Waals surface area contributed by atoms with E-state index in [0.717, 1.165) is 29.7 Å². The first-order valence-electron chi connectivity index (χ1n) is 17.7. The molecule has 5 amide bonds. The lowest BCUT2D eigenvalue weighted by Gasteiger charge is -2.27. The molecule has 0 saturated carbocycles. The first-order chi connectivity index (χ1) is 24.5. The third-order valence-corrected chi connectivity index (χ3v) is 9.01. The highest BCUT2D eigenvalue weighted by Crippen LogP contribution is 2.26. The van der Waals surface area contributed by atoms with Crippen molar-refractivity contribution in [1.82, 2.24) is 40.9 Å². The Morgan fingerprint density at radius 3 is 2.49 bits per heavy atom. The Bertz CT molecular complexity index is 1720. The fourth-order valence-electron chi connectivity index (χ4n) is 6.28. The Kier molecular flexibility index (Phi) is 12.4. The van der Waals surface area contributed by atoms with Crippen LogP contribution in [-0.2, 0) is 38.6 Å². The number of carbonyl (C=O) groups is 5. The molecule has 2 aromatic carbocycles. The van der Waals surface area contributed by atoms with Crippen molar-refractivity contribution in [1.29, 1.82) is 0 Å². The summed E-state index contributed by atoms with van der Waals surface area (Å²) in [7, 11) is 0. The maximum Gasteiger partial charge on any atom is 0.253 e. The van der Waals surface area contributed by atoms with E-state index in [4.69, 9.17) is 4.74 Å². The van der Waals surface area contributed by atoms with Crippen LogP contribution in [-0.4, -0.2) is 87.5 Å². The molecule has 1 aromatic heterocycles. The Balaban J connectivity index is 1.40. The van der Waals surface area contributed by atoms with E-state index in [1.165, 1.54) is 4.68 Å². The third kappa shape index (κ3) is 9.92. The number of carbonyl (C=O) groups excluding carboxylic acids is 5. The maximum atomic E-state index is 13.9. The highest BCUT2D eigenvalue weighted by Gasteiger charge is 2.31. The molecule has 3 heterocycles. The van der Waals surface area contributed by atoms with E-state index in [9.17, 15) is 24.0 Å². The lowest BCUT2D eigenvalue weighted by Crippen LogP contribution is -2.54. The molecule has 0 spiro atoms. The van der Waals surface area contributed by atoms with Gasteiger partial charge >= 0.3 is 0 Å². The molecule has 0 aliphatic carbocycles. The topological polar surface area (TPSA) is 177 Å². The monoisotopic (exact) mass is 700 g/mol. The molecule has 14 nitrogen and oxygen atoms in total. The predicted octanol–water partition coefficient (Wildman–Crippen LogP) is 2.01. The molecular weight excluding hydrogens is 652 g/mol. The molecule has 0 bridgehead atoms. The second kappa shape index (κ2) is 17.1. The van der Waals surface area contributed by atoms with Gasteiger partial charge in [-0.15, -0.1) is 0 Å². The van der Waals surface area contributed by atoms with E-state index < -0.39 is 29.9 Å². The second-order valence-corrected chi connectivity index (χ2v) is 13.5. The van der Waals surface area contributed by atoms with E-state index in [0.29, 0.717) is 30.2 Å². The van der Waals surface area contributed by atoms with Crippen LogP contribution in [0.3, 0.4) is 0 Å². The number of benzene rings is 2. The van der Waals surface area contributed by atoms with Crippen molar-refractivity contribution in [3.63, 3.8) is 0 Å². The van der Waals surface area contributed by atoms with Crippen molar-refractivity contribution in [3.8, 4) is 5.75 Å². The number of nitrogens with zero attached hydrogens (tertiary/aromatic N) is 4. The van der Waals surface area contributed by atoms with Crippen molar-refractivity contribution in [3.05, 3.63) is 76.9 Å². The maximum absolute atomic E-state index is 13.9. The molecule has 2 aliphatic heterocycles. The zero-order chi connectivity index (χ0) is 36.5. The minimum atomic E-state index is -0.971. The van der Waals surface area contributed by atoms with Gasteiger partial charge in [-0.1, -0.05) is 44.2 Å². The summed E-state index contributed by atoms with van der Waals surface area (Å²) in [5, 5.41) is 16.0. The number of aryl methyl sites for hydroxylation is 2. The van der Waals surface area contributed by atoms with Gasteiger partial charge in [0.05, 0.1) is 12.6 Å². The van der Waals surface area contributed by atoms with Gasteiger partial charge in [0.25, 0.3) is 5.91 Å². The van der Waals surface area contributed by atoms with Gasteiger partial charge in [0.1, 0.15) is 30.2 Å². The van der Waals surface area contributed by atoms with E-state index in [2.05, 4.69) is 31.3 Å². The fraction of sp³-hybridized carbons (Fsp3) is 0.486. The zero-order valence-corrected chi connectivity index (χ0v) is 29.7. The van der Waals surface area contributed by atoms with Gasteiger partial charge in [0.2, 0.25) is 23.6 Å². The number of ether oxygens (including phenoxy) is 1. The Morgan fingerprint density at radius 2 is 1.73 bits per heavy atom. The highest BCUT2D eigenvalue weighted by molar-refractivity contribution is 5.95. The normalized spacial score (nSPS) is 21.3. The van der Waals surface area contributed by atoms with Crippen LogP contribution in [0, 0.1) is 12.8 Å². The molecular formula is C37H48N8O6. The number of rotatable bonds is 4. The standard InChI is InChI=1S/C37H48N8O6/c1-23(2)33-34-40-25(4)43-45(34)22-32(47)38-16-18-44(37(50)28-14-15-30-27(21-28)12-9-19-51-30)17-8-13-31(46)39-24(3)35(48)41-29(36(49)42-33)20-26-10-6-5-7-11-26/h5-7,10-11,14-15,21,23-24,29,33H,8-9,12-13,16-20,22H2,1-4H3,(H,38,47)(H,39,46)(H,41,48)(H,42,49)/t24-,29+,33-/m0/s1. The van der Waals surface area contributed by atoms with Gasteiger partial charge in [0.15, 0.2) is 5.82 Å². The molecule has 14 heteroatoms. The molecule has 272 valence electrons. The summed E-state index contributed by atoms with van der Waals surface area (Å²) in [5.41, 5.74) is 2.31. The minimum Gasteiger partial charge on any atom is -0.493 e. The smallest absolute Gasteiger partial charge is 0.253 e. The zero-order valence-electron chi connectivity index (χ0n) is 29.7. The SMILES string of the molecule is Cc1nc2n(n1)CC(=O)NCCN(C(=O)c1ccc3c(c1)CCCO3)CCCC(=O)N[C@@H](C)C(=O)N[C@H](Cc1ccccc1)C(=O)N[C@H]2C(C)C. The Hall–Kier alpha value is -5.27. The van der Waals surface area contributed by atoms with Gasteiger partial charge in [-0.2, -0.15) is 5.10 Å². The number of hydrogen-bond acceptors (Lipinski definition) is 8. The van der Waals surface area contributed by atoms with Crippen molar-refractivity contribution in [2.75, 3.05) is 26.2 Å². The first kappa shape index (κ1) is 37.0. The predicted molar refractivity (Wildman–Crippen MR) is 189 cm³/mol. The molecule has 4 N–H and O–H groups in total. The lowest BCUT2D eigenvalue weighted by atomic mass is 10.0. The van der Waals surface area contributed by atoms with Crippen LogP contribution in [0.5, 0.6) is 5.75 Å². The van der Waals surface area contributed by atoms with Gasteiger partial charge in [-0.25, -0.2) is 9.67 Å². The Labute approximate surface area is 298 Å². The summed E-state index contributed by atoms with van der Waals surface area (Å²) in [4.78, 5) is 73.5. The van der Waals surface area contributed by atoms with Gasteiger partial charge in [-0.3, -0.25) is 24.0 Å². The lowest BCUT2D eigenvalue weighted by molar-refractivity contribution is -0.132. The van der Waals surface area contributed by atoms with Crippen molar-refractivity contribution in [2.45, 2.75) is 84.5 Å². The number of amides is 5. The molecule has 2 aliphatic rings. The van der Waals surface area contributed by atoms with Crippen LogP contribution < -0.4 is 26.0 Å². The van der Waals surface area contributed by atoms with E-state index in [-0.39, 0.29) is 62.7 Å². The summed E-state index contributed by atoms with van der Waals surface area (Å²) in [5.74, 6) is -0.422. The first-order valence-corrected chi connectivity index (χ1v) is 17.7. The summed E-state index contributed by atoms with van der Waals surface area (Å²) in [6.45, 7) is 8.22. The van der Waals surface area contributed by atoms with Gasteiger partial charge in [0, 0.05) is 38.0 Å². The fourth-order valence-corrected chi connectivity index (χ4v) is 6.28. The summed E-state index contributed by atoms with van der Waals surface area (Å²) >= 11 is 0. The van der Waals surface area contributed by atoms with Gasteiger partial charge in [-0.05, 0) is 68.4 Å². The van der Waals surface area contributed by atoms with Crippen LogP contribution in [0.15, 0.2) is 48.5 Å². The van der Waals surface area contributed by atoms with Crippen molar-refractivity contribution < 1.29 is 28.7 Å². The van der Waals surface area contributed by atoms with Crippen LogP contribution >= 0.6 is 0 Å². The Morgan fingerprint density at radius 1 is 0.941 bits per heavy atom. The number of fused-ring (bicyclic) bond motifs is 2. The molecule has 0 radical (unpaired) electrons. The summed E-state index contributed by atoms with van der Waals surface area (Å²) in [6, 6.07) is 12.2. The van der Waals surface area contributed by atoms with Gasteiger partial charge < -0.3 is 30.9 Å². The third-order valence-electron chi connectivity index (χ3n) is 9.01. The molecule has 3 aromatic rings. The number of hydrogen-bond donors (Lipinski definition) is 4. The molecule has 0 fully saturated rings. The molecule has 0 saturated heterocycles. The highest BCUT2D eigenvalue weighted by atomic mass is 16.5. The van der Waals surface area contributed by atoms with E-state index in [1.807, 2.05) is 56.3 Å². The average Bonchev–Trinajstić information content (AvgIpc) is 3.47. The van der Waals surface area contributed by atoms with Crippen LogP contribution in [0.1, 0.15) is 79.2 Å². The van der Waals surface area contributed by atoms with Crippen LogP contribution in [0.25, 0.3) is 0 Å². The summed E-state index contributed by atoms with van der Waals surface area (Å²) < 4.78 is 7.20. The number of nitrogens with one attached hydrogen (secondary N) is 4. The van der Waals surface area contributed by atoms with Crippen molar-refractivity contribution in [2.24, 2.45) is 5.92 Å². The molecule has 3 atom stereocenters. The second-order valence-electron chi connectivity index (χ2n) is 13.5. The number of aromatic nitrogens is 3. The molecule has 5 rings (SSSR count). The quantitative estimate of drug-likeness (QED) is 0.320. The van der Waals surface area contributed by atoms with E-state index >= 15 is 0 Å². The largest absolute Gasteiger partial charge is 0.493 e.